The maximum atomic E-state index is 6.07. The second-order valence-corrected chi connectivity index (χ2v) is 5.67. The molecular weight excluding hydrogens is 246 g/mol. The van der Waals surface area contributed by atoms with Crippen LogP contribution in [0.5, 0.6) is 0 Å². The molecule has 1 saturated carbocycles. The topological polar surface area (TPSA) is 51.8 Å². The van der Waals surface area contributed by atoms with Gasteiger partial charge in [-0.05, 0) is 37.8 Å². The van der Waals surface area contributed by atoms with Gasteiger partial charge >= 0.3 is 0 Å². The molecule has 0 radical (unpaired) electrons. The lowest BCUT2D eigenvalue weighted by Gasteiger charge is -2.11. The molecule has 3 heteroatoms. The number of rotatable bonds is 4. The molecule has 0 spiro atoms. The summed E-state index contributed by atoms with van der Waals surface area (Å²) in [5.41, 5.74) is 10.6. The molecule has 104 valence electrons. The molecule has 0 amide bonds. The van der Waals surface area contributed by atoms with E-state index in [9.17, 15) is 0 Å². The Bertz CT molecular complexity index is 630. The molecule has 1 aliphatic carbocycles. The third-order valence-electron chi connectivity index (χ3n) is 3.88. The average molecular weight is 267 g/mol. The summed E-state index contributed by atoms with van der Waals surface area (Å²) in [5.74, 6) is 2.07. The van der Waals surface area contributed by atoms with Crippen molar-refractivity contribution in [3.8, 4) is 11.3 Å². The molecule has 0 bridgehead atoms. The van der Waals surface area contributed by atoms with Gasteiger partial charge in [0.25, 0.3) is 0 Å². The van der Waals surface area contributed by atoms with Gasteiger partial charge in [-0.2, -0.15) is 0 Å². The Morgan fingerprint density at radius 1 is 1.25 bits per heavy atom. The minimum Gasteiger partial charge on any atom is -0.383 e. The van der Waals surface area contributed by atoms with Crippen molar-refractivity contribution >= 4 is 5.82 Å². The number of hydrogen-bond donors (Lipinski definition) is 1. The molecule has 1 heterocycles. The van der Waals surface area contributed by atoms with Crippen molar-refractivity contribution in [3.63, 3.8) is 0 Å². The summed E-state index contributed by atoms with van der Waals surface area (Å²) in [6.07, 6.45) is 4.64. The third kappa shape index (κ3) is 2.53. The van der Waals surface area contributed by atoms with Gasteiger partial charge < -0.3 is 5.73 Å². The van der Waals surface area contributed by atoms with Crippen LogP contribution in [0.2, 0.25) is 0 Å². The SMILES string of the molecule is CCCc1cccc(-c2nc(C3CC3)nc(N)c2C)c1. The van der Waals surface area contributed by atoms with E-state index in [0.29, 0.717) is 11.7 Å². The Kier molecular flexibility index (Phi) is 3.43. The van der Waals surface area contributed by atoms with Crippen molar-refractivity contribution < 1.29 is 0 Å². The van der Waals surface area contributed by atoms with E-state index < -0.39 is 0 Å². The molecule has 3 rings (SSSR count). The van der Waals surface area contributed by atoms with E-state index in [2.05, 4.69) is 36.2 Å². The first-order chi connectivity index (χ1) is 9.69. The van der Waals surface area contributed by atoms with Gasteiger partial charge in [0.15, 0.2) is 0 Å². The highest BCUT2D eigenvalue weighted by molar-refractivity contribution is 5.68. The Morgan fingerprint density at radius 2 is 2.05 bits per heavy atom. The first-order valence-corrected chi connectivity index (χ1v) is 7.42. The number of benzene rings is 1. The first kappa shape index (κ1) is 13.1. The van der Waals surface area contributed by atoms with Crippen LogP contribution in [0.4, 0.5) is 5.82 Å². The first-order valence-electron chi connectivity index (χ1n) is 7.42. The molecule has 2 N–H and O–H groups in total. The monoisotopic (exact) mass is 267 g/mol. The summed E-state index contributed by atoms with van der Waals surface area (Å²) in [7, 11) is 0. The van der Waals surface area contributed by atoms with Gasteiger partial charge in [0.1, 0.15) is 11.6 Å². The van der Waals surface area contributed by atoms with Crippen LogP contribution in [0.1, 0.15) is 49.1 Å². The molecule has 1 aromatic heterocycles. The van der Waals surface area contributed by atoms with Crippen molar-refractivity contribution in [1.29, 1.82) is 0 Å². The van der Waals surface area contributed by atoms with Crippen molar-refractivity contribution in [3.05, 3.63) is 41.2 Å². The largest absolute Gasteiger partial charge is 0.383 e. The van der Waals surface area contributed by atoms with Crippen LogP contribution in [0.15, 0.2) is 24.3 Å². The van der Waals surface area contributed by atoms with Crippen LogP contribution >= 0.6 is 0 Å². The number of anilines is 1. The second kappa shape index (κ2) is 5.23. The van der Waals surface area contributed by atoms with Crippen LogP contribution in [-0.4, -0.2) is 9.97 Å². The average Bonchev–Trinajstić information content (AvgIpc) is 3.27. The van der Waals surface area contributed by atoms with Gasteiger partial charge in [0.2, 0.25) is 0 Å². The molecule has 20 heavy (non-hydrogen) atoms. The highest BCUT2D eigenvalue weighted by Crippen LogP contribution is 2.39. The molecule has 1 aromatic carbocycles. The Hall–Kier alpha value is -1.90. The predicted octanol–water partition coefficient (Wildman–Crippen LogP) is 3.86. The lowest BCUT2D eigenvalue weighted by molar-refractivity contribution is 0.917. The van der Waals surface area contributed by atoms with Gasteiger partial charge in [0.05, 0.1) is 5.69 Å². The van der Waals surface area contributed by atoms with E-state index >= 15 is 0 Å². The van der Waals surface area contributed by atoms with Crippen LogP contribution in [0.3, 0.4) is 0 Å². The van der Waals surface area contributed by atoms with Crippen LogP contribution < -0.4 is 5.73 Å². The molecule has 1 aliphatic rings. The molecule has 2 aromatic rings. The number of aryl methyl sites for hydroxylation is 1. The van der Waals surface area contributed by atoms with Crippen molar-refractivity contribution in [1.82, 2.24) is 9.97 Å². The molecule has 0 unspecified atom stereocenters. The van der Waals surface area contributed by atoms with Crippen LogP contribution in [-0.2, 0) is 6.42 Å². The Labute approximate surface area is 120 Å². The lowest BCUT2D eigenvalue weighted by atomic mass is 10.0. The maximum Gasteiger partial charge on any atom is 0.134 e. The van der Waals surface area contributed by atoms with E-state index in [4.69, 9.17) is 10.7 Å². The van der Waals surface area contributed by atoms with Gasteiger partial charge in [-0.25, -0.2) is 9.97 Å². The Balaban J connectivity index is 2.06. The summed E-state index contributed by atoms with van der Waals surface area (Å²) in [5, 5.41) is 0. The number of nitrogens with zero attached hydrogens (tertiary/aromatic N) is 2. The highest BCUT2D eigenvalue weighted by atomic mass is 15.0. The maximum absolute atomic E-state index is 6.07. The predicted molar refractivity (Wildman–Crippen MR) is 82.6 cm³/mol. The van der Waals surface area contributed by atoms with Gasteiger partial charge in [-0.3, -0.25) is 0 Å². The number of aromatic nitrogens is 2. The van der Waals surface area contributed by atoms with Gasteiger partial charge in [-0.1, -0.05) is 31.5 Å². The minimum absolute atomic E-state index is 0.524. The lowest BCUT2D eigenvalue weighted by Crippen LogP contribution is -2.04. The number of hydrogen-bond acceptors (Lipinski definition) is 3. The molecular formula is C17H21N3. The second-order valence-electron chi connectivity index (χ2n) is 5.67. The quantitative estimate of drug-likeness (QED) is 0.915. The summed E-state index contributed by atoms with van der Waals surface area (Å²) >= 11 is 0. The van der Waals surface area contributed by atoms with E-state index in [0.717, 1.165) is 35.5 Å². The zero-order chi connectivity index (χ0) is 14.1. The molecule has 0 atom stereocenters. The fourth-order valence-electron chi connectivity index (χ4n) is 2.52. The van der Waals surface area contributed by atoms with Gasteiger partial charge in [0, 0.05) is 17.0 Å². The smallest absolute Gasteiger partial charge is 0.134 e. The molecule has 1 fully saturated rings. The van der Waals surface area contributed by atoms with E-state index in [-0.39, 0.29) is 0 Å². The van der Waals surface area contributed by atoms with Gasteiger partial charge in [-0.15, -0.1) is 0 Å². The summed E-state index contributed by atoms with van der Waals surface area (Å²) in [4.78, 5) is 9.22. The van der Waals surface area contributed by atoms with Crippen molar-refractivity contribution in [2.75, 3.05) is 5.73 Å². The van der Waals surface area contributed by atoms with E-state index in [1.165, 1.54) is 18.4 Å². The third-order valence-corrected chi connectivity index (χ3v) is 3.88. The zero-order valence-corrected chi connectivity index (χ0v) is 12.2. The summed E-state index contributed by atoms with van der Waals surface area (Å²) in [6.45, 7) is 4.21. The van der Waals surface area contributed by atoms with Crippen LogP contribution in [0.25, 0.3) is 11.3 Å². The van der Waals surface area contributed by atoms with Crippen molar-refractivity contribution in [2.24, 2.45) is 0 Å². The summed E-state index contributed by atoms with van der Waals surface area (Å²) in [6, 6.07) is 8.63. The van der Waals surface area contributed by atoms with E-state index in [1.807, 2.05) is 6.92 Å². The molecule has 0 saturated heterocycles. The minimum atomic E-state index is 0.524. The van der Waals surface area contributed by atoms with Crippen molar-refractivity contribution in [2.45, 2.75) is 45.4 Å². The zero-order valence-electron chi connectivity index (χ0n) is 12.2. The summed E-state index contributed by atoms with van der Waals surface area (Å²) < 4.78 is 0. The fourth-order valence-corrected chi connectivity index (χ4v) is 2.52. The molecule has 0 aliphatic heterocycles. The Morgan fingerprint density at radius 3 is 2.75 bits per heavy atom. The normalized spacial score (nSPS) is 14.5. The number of nitrogens with two attached hydrogens (primary N) is 1. The van der Waals surface area contributed by atoms with E-state index in [1.54, 1.807) is 0 Å². The standard InChI is InChI=1S/C17H21N3/c1-3-5-12-6-4-7-14(10-12)15-11(2)16(18)20-17(19-15)13-8-9-13/h4,6-7,10,13H,3,5,8-9H2,1-2H3,(H2,18,19,20). The fraction of sp³-hybridized carbons (Fsp3) is 0.412. The number of nitrogen functional groups attached to an aromatic ring is 1. The highest BCUT2D eigenvalue weighted by Gasteiger charge is 2.28. The molecule has 3 nitrogen and oxygen atoms in total. The van der Waals surface area contributed by atoms with Crippen LogP contribution in [0, 0.1) is 6.92 Å².